The van der Waals surface area contributed by atoms with E-state index in [0.717, 1.165) is 51.5 Å². The van der Waals surface area contributed by atoms with Crippen LogP contribution in [0.4, 0.5) is 0 Å². The molecule has 6 fully saturated rings. The van der Waals surface area contributed by atoms with Crippen molar-refractivity contribution < 1.29 is 47.1 Å². The van der Waals surface area contributed by atoms with E-state index in [4.69, 9.17) is 37.5 Å². The zero-order valence-electron chi connectivity index (χ0n) is 35.5. The molecule has 0 N–H and O–H groups in total. The fourth-order valence-electron chi connectivity index (χ4n) is 10.9. The Hall–Kier alpha value is 1.68. The first kappa shape index (κ1) is 49.6. The van der Waals surface area contributed by atoms with Crippen LogP contribution in [0.2, 0.25) is 0 Å². The van der Waals surface area contributed by atoms with Gasteiger partial charge in [-0.25, -0.2) is 0 Å². The highest BCUT2D eigenvalue weighted by Crippen LogP contribution is 2.60. The zero-order valence-corrected chi connectivity index (χ0v) is 44.1. The molecule has 24 atom stereocenters. The Morgan fingerprint density at radius 1 is 0.783 bits per heavy atom. The summed E-state index contributed by atoms with van der Waals surface area (Å²) in [5.74, 6) is 1.31. The molecule has 7 heterocycles. The Bertz CT molecular complexity index is 1560. The summed E-state index contributed by atoms with van der Waals surface area (Å²) in [6, 6.07) is 0. The Balaban J connectivity index is 1.15. The molecule has 338 valence electrons. The first-order valence-electron chi connectivity index (χ1n) is 22.0. The van der Waals surface area contributed by atoms with Crippen molar-refractivity contribution in [1.82, 2.24) is 0 Å². The normalized spacial score (nSPS) is 44.2. The second kappa shape index (κ2) is 22.7. The highest BCUT2D eigenvalue weighted by molar-refractivity contribution is 8.41. The monoisotopic (exact) mass is 982 g/mol. The predicted octanol–water partition coefficient (Wildman–Crippen LogP) is 9.81. The molecule has 6 saturated heterocycles. The van der Waals surface area contributed by atoms with Gasteiger partial charge in [-0.05, 0) is 92.0 Å². The van der Waals surface area contributed by atoms with Gasteiger partial charge in [0.1, 0.15) is 36.3 Å². The maximum Gasteiger partial charge on any atom is 0.158 e. The highest BCUT2D eigenvalue weighted by atomic mass is 32.4. The molecular weight excluding hydrogens is 912 g/mol. The third-order valence-electron chi connectivity index (χ3n) is 14.1. The van der Waals surface area contributed by atoms with Crippen molar-refractivity contribution in [2.45, 2.75) is 183 Å². The second-order valence-corrected chi connectivity index (χ2v) is 32.2. The number of hydrogen-bond donors (Lipinski definition) is 0. The minimum atomic E-state index is -0.962. The summed E-state index contributed by atoms with van der Waals surface area (Å²) in [6.45, 7) is 15.8. The molecule has 0 radical (unpaired) electrons. The SMILES string of the molecule is C=C1C[C@@H]2/C=C/C(=O)CC3OC4[C@@H](OP(P)P)[C@H]5O[C@H](CC[C@@H]5O[C@H]4[C@H]3OP(P)P)CC(=O)CC3[C@H](CC4O[C@@H](CCC1O2)C[C@@H](C)C4=C)O[C@H](C[C@H](C)CCPP)[C@@H]3C. The maximum absolute atomic E-state index is 14.3. The summed E-state index contributed by atoms with van der Waals surface area (Å²) < 4.78 is 54.0. The van der Waals surface area contributed by atoms with Gasteiger partial charge in [0.05, 0.1) is 70.0 Å². The van der Waals surface area contributed by atoms with E-state index in [2.05, 4.69) is 78.6 Å². The van der Waals surface area contributed by atoms with Crippen molar-refractivity contribution >= 4 is 79.5 Å². The molecule has 11 unspecified atom stereocenters. The van der Waals surface area contributed by atoms with Crippen molar-refractivity contribution in [3.63, 3.8) is 0 Å². The zero-order chi connectivity index (χ0) is 42.8. The van der Waals surface area contributed by atoms with Crippen molar-refractivity contribution in [2.75, 3.05) is 6.16 Å². The van der Waals surface area contributed by atoms with Crippen molar-refractivity contribution in [1.29, 1.82) is 0 Å². The molecule has 18 heteroatoms. The quantitative estimate of drug-likeness (QED) is 0.164. The lowest BCUT2D eigenvalue weighted by Gasteiger charge is -2.48. The smallest absolute Gasteiger partial charge is 0.158 e. The molecule has 8 bridgehead atoms. The summed E-state index contributed by atoms with van der Waals surface area (Å²) in [6.07, 6.45) is 9.39. The van der Waals surface area contributed by atoms with E-state index in [1.54, 1.807) is 6.08 Å². The van der Waals surface area contributed by atoms with Gasteiger partial charge < -0.3 is 37.5 Å². The lowest BCUT2D eigenvalue weighted by Crippen LogP contribution is -2.61. The number of allylic oxidation sites excluding steroid dienone is 1. The average Bonchev–Trinajstić information content (AvgIpc) is 3.81. The molecular formula is C42H70O10P8. The molecule has 7 rings (SSSR count). The summed E-state index contributed by atoms with van der Waals surface area (Å²) >= 11 is 0. The molecule has 0 amide bonds. The van der Waals surface area contributed by atoms with Gasteiger partial charge in [0, 0.05) is 32.1 Å². The third kappa shape index (κ3) is 12.4. The average molecular weight is 983 g/mol. The van der Waals surface area contributed by atoms with Crippen molar-refractivity contribution in [3.05, 3.63) is 36.5 Å². The van der Waals surface area contributed by atoms with E-state index in [1.807, 2.05) is 6.08 Å². The molecule has 7 aliphatic rings. The number of ketones is 2. The number of fused-ring (bicyclic) bond motifs is 7. The standard InChI is InChI=1S/C42H70O10P8/c1-21(12-13-58-53)14-34-25(5)31-18-27(44)17-30-9-11-33-38(47-30)42(52-60(56)57)41-40(49-33)39(51-59(54)55)37(50-41)19-26(43)6-7-28-16-23(3)32(45-28)10-8-29-15-22(2)24(4)35(46-29)20-36(31)48-34/h6-7,21-22,25,28-42,58H,3-4,8-20,53-57H2,1-2,5H3/b7-6+/t21-,22-,25-,28+,29+,30-,31?,32?,33+,34-,35?,36+,37?,38+,39+,40+,41?,42+/m1/s1. The van der Waals surface area contributed by atoms with Crippen molar-refractivity contribution in [3.8, 4) is 0 Å². The molecule has 10 nitrogen and oxygen atoms in total. The van der Waals surface area contributed by atoms with Crippen LogP contribution in [0.15, 0.2) is 36.5 Å². The van der Waals surface area contributed by atoms with Gasteiger partial charge in [-0.2, -0.15) is 0 Å². The Morgan fingerprint density at radius 2 is 1.50 bits per heavy atom. The van der Waals surface area contributed by atoms with Crippen LogP contribution in [-0.2, 0) is 47.1 Å². The van der Waals surface area contributed by atoms with Gasteiger partial charge in [-0.3, -0.25) is 9.59 Å². The van der Waals surface area contributed by atoms with Gasteiger partial charge in [0.2, 0.25) is 0 Å². The molecule has 60 heavy (non-hydrogen) atoms. The van der Waals surface area contributed by atoms with Crippen LogP contribution in [-0.4, -0.2) is 103 Å². The Kier molecular flexibility index (Phi) is 18.7. The van der Waals surface area contributed by atoms with Gasteiger partial charge in [0.25, 0.3) is 0 Å². The van der Waals surface area contributed by atoms with Crippen LogP contribution < -0.4 is 0 Å². The Morgan fingerprint density at radius 3 is 2.25 bits per heavy atom. The third-order valence-corrected chi connectivity index (χ3v) is 18.0. The van der Waals surface area contributed by atoms with E-state index < -0.39 is 51.7 Å². The van der Waals surface area contributed by atoms with Crippen LogP contribution >= 0.6 is 68.0 Å². The van der Waals surface area contributed by atoms with Crippen LogP contribution in [0.1, 0.15) is 97.8 Å². The topological polar surface area (TPSA) is 108 Å². The number of hydrogen-bond acceptors (Lipinski definition) is 10. The second-order valence-electron chi connectivity index (χ2n) is 18.5. The summed E-state index contributed by atoms with van der Waals surface area (Å²) in [5, 5.41) is 0. The van der Waals surface area contributed by atoms with Gasteiger partial charge >= 0.3 is 0 Å². The molecule has 0 saturated carbocycles. The molecule has 0 spiro atoms. The minimum Gasteiger partial charge on any atom is -0.374 e. The summed E-state index contributed by atoms with van der Waals surface area (Å²) in [4.78, 5) is 27.9. The van der Waals surface area contributed by atoms with Gasteiger partial charge in [-0.1, -0.05) is 75.7 Å². The highest BCUT2D eigenvalue weighted by Gasteiger charge is 2.59. The number of carbonyl (C=O) groups excluding carboxylic acids is 2. The van der Waals surface area contributed by atoms with Gasteiger partial charge in [0.15, 0.2) is 5.78 Å². The van der Waals surface area contributed by atoms with E-state index in [-0.39, 0.29) is 78.7 Å². The fourth-order valence-corrected chi connectivity index (χ4v) is 14.8. The fraction of sp³-hybridized carbons (Fsp3) is 0.810. The number of carbonyl (C=O) groups is 2. The number of ether oxygens (including phenoxy) is 6. The van der Waals surface area contributed by atoms with Crippen molar-refractivity contribution in [2.24, 2.45) is 23.7 Å². The predicted molar refractivity (Wildman–Crippen MR) is 261 cm³/mol. The van der Waals surface area contributed by atoms with Crippen LogP contribution in [0.25, 0.3) is 0 Å². The Labute approximate surface area is 374 Å². The minimum absolute atomic E-state index is 0.0583. The van der Waals surface area contributed by atoms with Crippen LogP contribution in [0.5, 0.6) is 0 Å². The van der Waals surface area contributed by atoms with E-state index >= 15 is 0 Å². The first-order valence-corrected chi connectivity index (χ1v) is 34.1. The molecule has 0 aromatic rings. The lowest BCUT2D eigenvalue weighted by molar-refractivity contribution is -0.251. The summed E-state index contributed by atoms with van der Waals surface area (Å²) in [7, 11) is 12.8. The maximum atomic E-state index is 14.3. The number of Topliss-reactive ketones (excluding diaryl/α,β-unsaturated/α-hetero) is 1. The molecule has 0 aromatic carbocycles. The number of rotatable bonds is 9. The van der Waals surface area contributed by atoms with E-state index in [9.17, 15) is 9.59 Å². The van der Waals surface area contributed by atoms with E-state index in [0.29, 0.717) is 43.9 Å². The van der Waals surface area contributed by atoms with Gasteiger partial charge in [-0.15, -0.1) is 17.2 Å². The summed E-state index contributed by atoms with van der Waals surface area (Å²) in [5.41, 5.74) is 2.17. The van der Waals surface area contributed by atoms with Crippen LogP contribution in [0, 0.1) is 23.7 Å². The largest absolute Gasteiger partial charge is 0.374 e. The van der Waals surface area contributed by atoms with E-state index in [1.165, 1.54) is 12.6 Å². The molecule has 0 aliphatic carbocycles. The molecule has 0 aromatic heterocycles. The lowest BCUT2D eigenvalue weighted by atomic mass is 9.78. The molecule has 7 aliphatic heterocycles. The first-order chi connectivity index (χ1) is 28.7. The van der Waals surface area contributed by atoms with Crippen LogP contribution in [0.3, 0.4) is 0 Å².